The van der Waals surface area contributed by atoms with Gasteiger partial charge in [0.2, 0.25) is 0 Å². The van der Waals surface area contributed by atoms with E-state index >= 15 is 0 Å². The molecule has 0 aliphatic carbocycles. The highest BCUT2D eigenvalue weighted by Gasteiger charge is 2.42. The number of hydrogen-bond donors (Lipinski definition) is 2. The highest BCUT2D eigenvalue weighted by molar-refractivity contribution is 6.00. The molecule has 7 nitrogen and oxygen atoms in total. The van der Waals surface area contributed by atoms with Crippen LogP contribution in [0, 0.1) is 0 Å². The van der Waals surface area contributed by atoms with Crippen LogP contribution in [-0.2, 0) is 0 Å². The van der Waals surface area contributed by atoms with Crippen molar-refractivity contribution in [3.8, 4) is 23.0 Å². The maximum absolute atomic E-state index is 12.9. The van der Waals surface area contributed by atoms with E-state index in [1.165, 1.54) is 7.11 Å². The molecule has 2 aromatic heterocycles. The molecule has 134 valence electrons. The van der Waals surface area contributed by atoms with Gasteiger partial charge < -0.3 is 19.2 Å². The first-order valence-corrected chi connectivity index (χ1v) is 8.45. The summed E-state index contributed by atoms with van der Waals surface area (Å²) in [5, 5.41) is 17.1. The van der Waals surface area contributed by atoms with Gasteiger partial charge in [-0.25, -0.2) is 0 Å². The first-order valence-electron chi connectivity index (χ1n) is 8.45. The molecule has 1 aliphatic heterocycles. The standard InChI is InChI=1S/C19H19N3O4/c1-3-8-22-18(11-6-7-12(23)14(10-11)25-2)15-16(13-5-4-9-26-13)20-21-17(15)19(22)24/h4-7,9-10,18,23H,3,8H2,1-2H3,(H,20,21)/t18-/m0/s1. The van der Waals surface area contributed by atoms with Crippen molar-refractivity contribution in [2.24, 2.45) is 0 Å². The number of methoxy groups -OCH3 is 1. The van der Waals surface area contributed by atoms with Gasteiger partial charge in [-0.05, 0) is 36.2 Å². The van der Waals surface area contributed by atoms with Crippen LogP contribution in [0.25, 0.3) is 11.5 Å². The zero-order chi connectivity index (χ0) is 18.3. The largest absolute Gasteiger partial charge is 0.504 e. The molecule has 0 saturated heterocycles. The summed E-state index contributed by atoms with van der Waals surface area (Å²) in [6.45, 7) is 2.62. The number of amides is 1. The first kappa shape index (κ1) is 16.3. The average molecular weight is 353 g/mol. The summed E-state index contributed by atoms with van der Waals surface area (Å²) in [4.78, 5) is 14.7. The molecule has 0 unspecified atom stereocenters. The molecule has 3 aromatic rings. The van der Waals surface area contributed by atoms with Crippen molar-refractivity contribution in [2.45, 2.75) is 19.4 Å². The molecule has 0 spiro atoms. The Hall–Kier alpha value is -3.22. The maximum atomic E-state index is 12.9. The molecule has 1 aromatic carbocycles. The zero-order valence-corrected chi connectivity index (χ0v) is 14.5. The van der Waals surface area contributed by atoms with Gasteiger partial charge in [0, 0.05) is 12.1 Å². The van der Waals surface area contributed by atoms with Crippen LogP contribution in [0.2, 0.25) is 0 Å². The summed E-state index contributed by atoms with van der Waals surface area (Å²) in [6.07, 6.45) is 2.41. The Bertz CT molecular complexity index is 946. The molecule has 1 aliphatic rings. The number of ether oxygens (including phenoxy) is 1. The van der Waals surface area contributed by atoms with Crippen molar-refractivity contribution in [3.05, 3.63) is 53.4 Å². The van der Waals surface area contributed by atoms with E-state index in [1.54, 1.807) is 35.4 Å². The zero-order valence-electron chi connectivity index (χ0n) is 14.5. The van der Waals surface area contributed by atoms with E-state index in [9.17, 15) is 9.90 Å². The van der Waals surface area contributed by atoms with E-state index < -0.39 is 0 Å². The van der Waals surface area contributed by atoms with Crippen LogP contribution in [0.3, 0.4) is 0 Å². The Morgan fingerprint density at radius 3 is 2.92 bits per heavy atom. The van der Waals surface area contributed by atoms with Crippen LogP contribution in [0.4, 0.5) is 0 Å². The quantitative estimate of drug-likeness (QED) is 0.734. The number of phenols is 1. The number of aromatic amines is 1. The normalized spacial score (nSPS) is 16.2. The van der Waals surface area contributed by atoms with Gasteiger partial charge in [-0.2, -0.15) is 5.10 Å². The summed E-state index contributed by atoms with van der Waals surface area (Å²) in [6, 6.07) is 8.42. The number of nitrogens with zero attached hydrogens (tertiary/aromatic N) is 2. The topological polar surface area (TPSA) is 91.6 Å². The highest BCUT2D eigenvalue weighted by Crippen LogP contribution is 2.44. The molecule has 3 heterocycles. The molecule has 26 heavy (non-hydrogen) atoms. The monoisotopic (exact) mass is 353 g/mol. The SMILES string of the molecule is CCCN1C(=O)c2n[nH]c(-c3ccco3)c2[C@@H]1c1ccc(O)c(OC)c1. The van der Waals surface area contributed by atoms with E-state index in [0.29, 0.717) is 29.4 Å². The molecule has 2 N–H and O–H groups in total. The van der Waals surface area contributed by atoms with E-state index in [4.69, 9.17) is 9.15 Å². The van der Waals surface area contributed by atoms with E-state index in [-0.39, 0.29) is 17.7 Å². The smallest absolute Gasteiger partial charge is 0.275 e. The minimum absolute atomic E-state index is 0.0568. The van der Waals surface area contributed by atoms with Crippen LogP contribution in [0.15, 0.2) is 41.0 Å². The number of furan rings is 1. The third kappa shape index (κ3) is 2.35. The Balaban J connectivity index is 1.90. The second-order valence-electron chi connectivity index (χ2n) is 6.17. The lowest BCUT2D eigenvalue weighted by atomic mass is 9.97. The molecule has 0 radical (unpaired) electrons. The molecule has 1 amide bonds. The fourth-order valence-corrected chi connectivity index (χ4v) is 3.48. The summed E-state index contributed by atoms with van der Waals surface area (Å²) < 4.78 is 10.8. The van der Waals surface area contributed by atoms with Gasteiger partial charge in [0.25, 0.3) is 5.91 Å². The van der Waals surface area contributed by atoms with Gasteiger partial charge in [-0.3, -0.25) is 9.89 Å². The van der Waals surface area contributed by atoms with E-state index in [1.807, 2.05) is 13.0 Å². The number of carbonyl (C=O) groups is 1. The summed E-state index contributed by atoms with van der Waals surface area (Å²) in [5.74, 6) is 0.928. The van der Waals surface area contributed by atoms with Crippen molar-refractivity contribution in [3.63, 3.8) is 0 Å². The van der Waals surface area contributed by atoms with Gasteiger partial charge in [0.05, 0.1) is 19.4 Å². The van der Waals surface area contributed by atoms with E-state index in [2.05, 4.69) is 10.2 Å². The lowest BCUT2D eigenvalue weighted by molar-refractivity contribution is 0.0743. The lowest BCUT2D eigenvalue weighted by Gasteiger charge is -2.26. The third-order valence-electron chi connectivity index (χ3n) is 4.60. The number of benzene rings is 1. The number of aromatic hydroxyl groups is 1. The lowest BCUT2D eigenvalue weighted by Crippen LogP contribution is -2.30. The number of fused-ring (bicyclic) bond motifs is 1. The fraction of sp³-hybridized carbons (Fsp3) is 0.263. The van der Waals surface area contributed by atoms with Gasteiger partial charge in [0.1, 0.15) is 5.69 Å². The fourth-order valence-electron chi connectivity index (χ4n) is 3.48. The van der Waals surface area contributed by atoms with Gasteiger partial charge >= 0.3 is 0 Å². The molecular formula is C19H19N3O4. The van der Waals surface area contributed by atoms with Crippen LogP contribution < -0.4 is 4.74 Å². The Kier molecular flexibility index (Phi) is 3.91. The Morgan fingerprint density at radius 2 is 2.23 bits per heavy atom. The minimum Gasteiger partial charge on any atom is -0.504 e. The summed E-state index contributed by atoms with van der Waals surface area (Å²) in [7, 11) is 1.50. The second kappa shape index (κ2) is 6.25. The van der Waals surface area contributed by atoms with Crippen LogP contribution >= 0.6 is 0 Å². The Labute approximate surface area is 150 Å². The molecule has 4 rings (SSSR count). The average Bonchev–Trinajstić information content (AvgIpc) is 3.35. The van der Waals surface area contributed by atoms with Crippen LogP contribution in [0.5, 0.6) is 11.5 Å². The van der Waals surface area contributed by atoms with Crippen molar-refractivity contribution in [1.29, 1.82) is 0 Å². The first-order chi connectivity index (χ1) is 12.7. The molecule has 0 saturated carbocycles. The molecule has 0 bridgehead atoms. The predicted molar refractivity (Wildman–Crippen MR) is 94.1 cm³/mol. The number of hydrogen-bond acceptors (Lipinski definition) is 5. The number of H-pyrrole nitrogens is 1. The van der Waals surface area contributed by atoms with E-state index in [0.717, 1.165) is 17.5 Å². The summed E-state index contributed by atoms with van der Waals surface area (Å²) >= 11 is 0. The number of rotatable bonds is 5. The van der Waals surface area contributed by atoms with Gasteiger partial charge in [-0.1, -0.05) is 13.0 Å². The molecule has 7 heteroatoms. The predicted octanol–water partition coefficient (Wildman–Crippen LogP) is 3.34. The second-order valence-corrected chi connectivity index (χ2v) is 6.17. The molecule has 1 atom stereocenters. The number of aromatic nitrogens is 2. The summed E-state index contributed by atoms with van der Waals surface area (Å²) in [5.41, 5.74) is 2.72. The van der Waals surface area contributed by atoms with Crippen molar-refractivity contribution in [2.75, 3.05) is 13.7 Å². The third-order valence-corrected chi connectivity index (χ3v) is 4.60. The molecule has 0 fully saturated rings. The minimum atomic E-state index is -0.328. The van der Waals surface area contributed by atoms with Crippen molar-refractivity contribution >= 4 is 5.91 Å². The van der Waals surface area contributed by atoms with Crippen LogP contribution in [-0.4, -0.2) is 39.8 Å². The van der Waals surface area contributed by atoms with Crippen molar-refractivity contribution in [1.82, 2.24) is 15.1 Å². The number of carbonyl (C=O) groups excluding carboxylic acids is 1. The molecular weight excluding hydrogens is 334 g/mol. The van der Waals surface area contributed by atoms with Crippen LogP contribution in [0.1, 0.15) is 41.0 Å². The number of nitrogens with one attached hydrogen (secondary N) is 1. The number of phenolic OH excluding ortho intramolecular Hbond substituents is 1. The maximum Gasteiger partial charge on any atom is 0.275 e. The van der Waals surface area contributed by atoms with Gasteiger partial charge in [0.15, 0.2) is 23.0 Å². The van der Waals surface area contributed by atoms with Crippen molar-refractivity contribution < 1.29 is 19.1 Å². The van der Waals surface area contributed by atoms with Gasteiger partial charge in [-0.15, -0.1) is 0 Å². The Morgan fingerprint density at radius 1 is 1.38 bits per heavy atom. The highest BCUT2D eigenvalue weighted by atomic mass is 16.5.